The molecule has 0 aliphatic carbocycles. The van der Waals surface area contributed by atoms with Crippen LogP contribution in [0.25, 0.3) is 0 Å². The summed E-state index contributed by atoms with van der Waals surface area (Å²) < 4.78 is 5.04. The van der Waals surface area contributed by atoms with Crippen LogP contribution >= 0.6 is 0 Å². The Balaban J connectivity index is 2.45. The molecule has 0 heterocycles. The standard InChI is InChI=1S/C15H18N2O/c1-18-14-13-17(12-6-10-16)11-5-9-15-7-3-2-4-8-15/h2-4,7-8H,6,11-14H2,1H3. The number of nitriles is 1. The SMILES string of the molecule is COCCN(CC#Cc1ccccc1)CCC#N. The van der Waals surface area contributed by atoms with Crippen LogP contribution in [0.5, 0.6) is 0 Å². The van der Waals surface area contributed by atoms with E-state index in [2.05, 4.69) is 22.8 Å². The highest BCUT2D eigenvalue weighted by Gasteiger charge is 2.01. The zero-order valence-electron chi connectivity index (χ0n) is 10.7. The molecule has 94 valence electrons. The van der Waals surface area contributed by atoms with Gasteiger partial charge in [0, 0.05) is 32.2 Å². The first-order valence-electron chi connectivity index (χ1n) is 5.99. The summed E-state index contributed by atoms with van der Waals surface area (Å²) in [7, 11) is 1.68. The van der Waals surface area contributed by atoms with Crippen LogP contribution in [-0.4, -0.2) is 38.3 Å². The van der Waals surface area contributed by atoms with Crippen molar-refractivity contribution in [3.63, 3.8) is 0 Å². The second-order valence-corrected chi connectivity index (χ2v) is 3.84. The fourth-order valence-corrected chi connectivity index (χ4v) is 1.47. The monoisotopic (exact) mass is 242 g/mol. The molecule has 0 aromatic heterocycles. The minimum atomic E-state index is 0.525. The van der Waals surface area contributed by atoms with Crippen LogP contribution in [0.3, 0.4) is 0 Å². The summed E-state index contributed by atoms with van der Waals surface area (Å²) in [5.41, 5.74) is 1.02. The lowest BCUT2D eigenvalue weighted by Gasteiger charge is -2.17. The van der Waals surface area contributed by atoms with E-state index in [9.17, 15) is 0 Å². The summed E-state index contributed by atoms with van der Waals surface area (Å²) in [6, 6.07) is 12.1. The fourth-order valence-electron chi connectivity index (χ4n) is 1.47. The van der Waals surface area contributed by atoms with Gasteiger partial charge >= 0.3 is 0 Å². The Labute approximate surface area is 109 Å². The van der Waals surface area contributed by atoms with E-state index in [0.717, 1.165) is 18.7 Å². The van der Waals surface area contributed by atoms with Crippen molar-refractivity contribution in [2.45, 2.75) is 6.42 Å². The van der Waals surface area contributed by atoms with E-state index in [4.69, 9.17) is 10.00 Å². The molecule has 0 amide bonds. The molecule has 0 bridgehead atoms. The van der Waals surface area contributed by atoms with Crippen molar-refractivity contribution in [2.75, 3.05) is 33.4 Å². The second kappa shape index (κ2) is 9.24. The number of hydrogen-bond acceptors (Lipinski definition) is 3. The van der Waals surface area contributed by atoms with Gasteiger partial charge in [0.05, 0.1) is 19.2 Å². The third-order valence-electron chi connectivity index (χ3n) is 2.46. The van der Waals surface area contributed by atoms with Gasteiger partial charge in [0.25, 0.3) is 0 Å². The van der Waals surface area contributed by atoms with Crippen molar-refractivity contribution in [3.8, 4) is 17.9 Å². The molecule has 0 unspecified atom stereocenters. The van der Waals surface area contributed by atoms with Crippen molar-refractivity contribution < 1.29 is 4.74 Å². The highest BCUT2D eigenvalue weighted by molar-refractivity contribution is 5.33. The van der Waals surface area contributed by atoms with Gasteiger partial charge in [-0.05, 0) is 12.1 Å². The molecule has 1 aromatic rings. The Morgan fingerprint density at radius 1 is 1.22 bits per heavy atom. The average molecular weight is 242 g/mol. The van der Waals surface area contributed by atoms with Crippen LogP contribution in [0.4, 0.5) is 0 Å². The zero-order valence-corrected chi connectivity index (χ0v) is 10.7. The van der Waals surface area contributed by atoms with E-state index in [1.54, 1.807) is 7.11 Å². The van der Waals surface area contributed by atoms with Gasteiger partial charge in [-0.3, -0.25) is 4.90 Å². The van der Waals surface area contributed by atoms with Crippen molar-refractivity contribution in [2.24, 2.45) is 0 Å². The van der Waals surface area contributed by atoms with Gasteiger partial charge in [-0.1, -0.05) is 30.0 Å². The Bertz CT molecular complexity index is 425. The van der Waals surface area contributed by atoms with E-state index in [1.165, 1.54) is 0 Å². The van der Waals surface area contributed by atoms with Crippen molar-refractivity contribution in [1.82, 2.24) is 4.90 Å². The molecule has 18 heavy (non-hydrogen) atoms. The van der Waals surface area contributed by atoms with E-state index >= 15 is 0 Å². The normalized spacial score (nSPS) is 9.61. The maximum absolute atomic E-state index is 8.60. The Morgan fingerprint density at radius 2 is 2.00 bits per heavy atom. The summed E-state index contributed by atoms with van der Waals surface area (Å²) in [5.74, 6) is 6.24. The Hall–Kier alpha value is -1.81. The number of nitrogens with zero attached hydrogens (tertiary/aromatic N) is 2. The molecule has 1 rings (SSSR count). The Morgan fingerprint density at radius 3 is 2.67 bits per heavy atom. The lowest BCUT2D eigenvalue weighted by atomic mass is 10.2. The van der Waals surface area contributed by atoms with Crippen LogP contribution in [0.1, 0.15) is 12.0 Å². The van der Waals surface area contributed by atoms with Gasteiger partial charge in [-0.15, -0.1) is 0 Å². The minimum Gasteiger partial charge on any atom is -0.383 e. The van der Waals surface area contributed by atoms with E-state index in [0.29, 0.717) is 19.6 Å². The molecular weight excluding hydrogens is 224 g/mol. The first-order chi connectivity index (χ1) is 8.86. The smallest absolute Gasteiger partial charge is 0.0635 e. The third-order valence-corrected chi connectivity index (χ3v) is 2.46. The van der Waals surface area contributed by atoms with E-state index in [-0.39, 0.29) is 0 Å². The number of benzene rings is 1. The second-order valence-electron chi connectivity index (χ2n) is 3.84. The van der Waals surface area contributed by atoms with Gasteiger partial charge < -0.3 is 4.74 Å². The lowest BCUT2D eigenvalue weighted by Crippen LogP contribution is -2.28. The van der Waals surface area contributed by atoms with Gasteiger partial charge in [-0.25, -0.2) is 0 Å². The number of methoxy groups -OCH3 is 1. The van der Waals surface area contributed by atoms with Gasteiger partial charge in [0.2, 0.25) is 0 Å². The average Bonchev–Trinajstić information content (AvgIpc) is 2.42. The molecule has 1 aromatic carbocycles. The molecule has 0 aliphatic heterocycles. The molecule has 0 saturated heterocycles. The summed E-state index contributed by atoms with van der Waals surface area (Å²) >= 11 is 0. The molecule has 3 nitrogen and oxygen atoms in total. The maximum atomic E-state index is 8.60. The van der Waals surface area contributed by atoms with Crippen LogP contribution < -0.4 is 0 Å². The minimum absolute atomic E-state index is 0.525. The summed E-state index contributed by atoms with van der Waals surface area (Å²) in [5, 5.41) is 8.60. The molecule has 0 fully saturated rings. The predicted octanol–water partition coefficient (Wildman–Crippen LogP) is 1.90. The van der Waals surface area contributed by atoms with Crippen molar-refractivity contribution in [1.29, 1.82) is 5.26 Å². The summed E-state index contributed by atoms with van der Waals surface area (Å²) in [4.78, 5) is 2.13. The largest absolute Gasteiger partial charge is 0.383 e. The molecule has 0 atom stereocenters. The van der Waals surface area contributed by atoms with Gasteiger partial charge in [0.1, 0.15) is 0 Å². The zero-order chi connectivity index (χ0) is 13.1. The predicted molar refractivity (Wildman–Crippen MR) is 71.9 cm³/mol. The molecule has 0 spiro atoms. The van der Waals surface area contributed by atoms with Crippen LogP contribution in [0.2, 0.25) is 0 Å². The molecule has 0 radical (unpaired) electrons. The molecule has 0 aliphatic rings. The number of rotatable bonds is 6. The van der Waals surface area contributed by atoms with E-state index < -0.39 is 0 Å². The topological polar surface area (TPSA) is 36.3 Å². The van der Waals surface area contributed by atoms with Crippen molar-refractivity contribution >= 4 is 0 Å². The first-order valence-corrected chi connectivity index (χ1v) is 5.99. The molecule has 3 heteroatoms. The third kappa shape index (κ3) is 6.06. The van der Waals surface area contributed by atoms with Gasteiger partial charge in [0.15, 0.2) is 0 Å². The quantitative estimate of drug-likeness (QED) is 0.715. The summed E-state index contributed by atoms with van der Waals surface area (Å²) in [6.07, 6.45) is 0.525. The number of hydrogen-bond donors (Lipinski definition) is 0. The van der Waals surface area contributed by atoms with Crippen LogP contribution in [-0.2, 0) is 4.74 Å². The maximum Gasteiger partial charge on any atom is 0.0635 e. The number of ether oxygens (including phenoxy) is 1. The lowest BCUT2D eigenvalue weighted by molar-refractivity contribution is 0.156. The molecule has 0 saturated carbocycles. The summed E-state index contributed by atoms with van der Waals surface area (Å²) in [6.45, 7) is 2.88. The molecule has 0 N–H and O–H groups in total. The Kier molecular flexibility index (Phi) is 7.32. The molecular formula is C15H18N2O. The van der Waals surface area contributed by atoms with Crippen molar-refractivity contribution in [3.05, 3.63) is 35.9 Å². The van der Waals surface area contributed by atoms with Crippen LogP contribution in [0.15, 0.2) is 30.3 Å². The highest BCUT2D eigenvalue weighted by atomic mass is 16.5. The highest BCUT2D eigenvalue weighted by Crippen LogP contribution is 1.95. The van der Waals surface area contributed by atoms with Gasteiger partial charge in [-0.2, -0.15) is 5.26 Å². The van der Waals surface area contributed by atoms with Crippen LogP contribution in [0, 0.1) is 23.2 Å². The first kappa shape index (κ1) is 14.3. The van der Waals surface area contributed by atoms with E-state index in [1.807, 2.05) is 30.3 Å². The fraction of sp³-hybridized carbons (Fsp3) is 0.400.